The fourth-order valence-corrected chi connectivity index (χ4v) is 3.12. The molecule has 0 aliphatic rings. The lowest BCUT2D eigenvalue weighted by atomic mass is 10.3. The number of aryl methyl sites for hydroxylation is 2. The van der Waals surface area contributed by atoms with Crippen LogP contribution in [0.15, 0.2) is 28.8 Å². The number of nitrogens with zero attached hydrogens (tertiary/aromatic N) is 4. The third-order valence-corrected chi connectivity index (χ3v) is 4.71. The van der Waals surface area contributed by atoms with Gasteiger partial charge in [0.05, 0.1) is 11.6 Å². The van der Waals surface area contributed by atoms with Gasteiger partial charge in [0, 0.05) is 25.0 Å². The topological polar surface area (TPSA) is 77.9 Å². The highest BCUT2D eigenvalue weighted by Gasteiger charge is 2.28. The number of alkyl halides is 4. The highest BCUT2D eigenvalue weighted by atomic mass is 35.5. The van der Waals surface area contributed by atoms with E-state index in [1.165, 1.54) is 12.1 Å². The molecule has 0 radical (unpaired) electrons. The fourth-order valence-electron chi connectivity index (χ4n) is 2.82. The Balaban J connectivity index is 1.60. The second-order valence-electron chi connectivity index (χ2n) is 6.41. The van der Waals surface area contributed by atoms with Crippen LogP contribution in [-0.4, -0.2) is 32.0 Å². The number of nitrogens with one attached hydrogen (secondary N) is 1. The number of amides is 1. The molecule has 0 bridgehead atoms. The van der Waals surface area contributed by atoms with Crippen LogP contribution in [0.5, 0.6) is 0 Å². The van der Waals surface area contributed by atoms with E-state index in [0.717, 1.165) is 5.69 Å². The predicted molar refractivity (Wildman–Crippen MR) is 98.9 cm³/mol. The number of carbonyl (C=O) groups is 1. The average Bonchev–Trinajstić information content (AvgIpc) is 3.38. The molecule has 3 heterocycles. The van der Waals surface area contributed by atoms with Gasteiger partial charge >= 0.3 is 0 Å². The van der Waals surface area contributed by atoms with E-state index in [1.54, 1.807) is 10.9 Å². The van der Waals surface area contributed by atoms with E-state index in [1.807, 2.05) is 13.0 Å². The summed E-state index contributed by atoms with van der Waals surface area (Å²) in [6.07, 6.45) is -3.87. The zero-order valence-corrected chi connectivity index (χ0v) is 16.5. The highest BCUT2D eigenvalue weighted by molar-refractivity contribution is 6.32. The molecule has 3 rings (SSSR count). The third-order valence-electron chi connectivity index (χ3n) is 4.32. The molecular weight excluding hydrogens is 430 g/mol. The first-order chi connectivity index (χ1) is 14.3. The molecule has 30 heavy (non-hydrogen) atoms. The van der Waals surface area contributed by atoms with Crippen LogP contribution in [0.3, 0.4) is 0 Å². The van der Waals surface area contributed by atoms with Crippen LogP contribution in [0.25, 0.3) is 0 Å². The van der Waals surface area contributed by atoms with Crippen LogP contribution in [0.4, 0.5) is 17.6 Å². The molecule has 0 spiro atoms. The van der Waals surface area contributed by atoms with Crippen molar-refractivity contribution < 1.29 is 26.8 Å². The van der Waals surface area contributed by atoms with Gasteiger partial charge in [0.15, 0.2) is 5.76 Å². The van der Waals surface area contributed by atoms with Crippen molar-refractivity contribution in [2.45, 2.75) is 39.3 Å². The van der Waals surface area contributed by atoms with E-state index in [2.05, 4.69) is 15.5 Å². The van der Waals surface area contributed by atoms with Crippen molar-refractivity contribution in [1.82, 2.24) is 24.9 Å². The Morgan fingerprint density at radius 2 is 1.97 bits per heavy atom. The van der Waals surface area contributed by atoms with E-state index in [9.17, 15) is 22.4 Å². The number of aromatic nitrogens is 4. The summed E-state index contributed by atoms with van der Waals surface area (Å²) in [7, 11) is 0. The molecule has 0 aliphatic heterocycles. The summed E-state index contributed by atoms with van der Waals surface area (Å²) in [5.74, 6) is -0.431. The van der Waals surface area contributed by atoms with Crippen molar-refractivity contribution >= 4 is 17.5 Å². The number of hydrogen-bond acceptors (Lipinski definition) is 4. The van der Waals surface area contributed by atoms with Crippen LogP contribution in [-0.2, 0) is 13.1 Å². The van der Waals surface area contributed by atoms with Gasteiger partial charge < -0.3 is 9.73 Å². The molecule has 0 unspecified atom stereocenters. The maximum atomic E-state index is 13.2. The van der Waals surface area contributed by atoms with Crippen molar-refractivity contribution in [3.05, 3.63) is 58.0 Å². The van der Waals surface area contributed by atoms with Crippen molar-refractivity contribution in [2.24, 2.45) is 0 Å². The van der Waals surface area contributed by atoms with Gasteiger partial charge in [-0.15, -0.1) is 0 Å². The van der Waals surface area contributed by atoms with E-state index in [-0.39, 0.29) is 18.1 Å². The largest absolute Gasteiger partial charge is 0.454 e. The Bertz CT molecular complexity index is 1010. The lowest BCUT2D eigenvalue weighted by Gasteiger charge is -2.06. The quantitative estimate of drug-likeness (QED) is 0.390. The fraction of sp³-hybridized carbons (Fsp3) is 0.389. The molecule has 0 atom stereocenters. The summed E-state index contributed by atoms with van der Waals surface area (Å²) < 4.78 is 60.0. The summed E-state index contributed by atoms with van der Waals surface area (Å²) >= 11 is 5.61. The zero-order valence-electron chi connectivity index (χ0n) is 15.8. The summed E-state index contributed by atoms with van der Waals surface area (Å²) in [5.41, 5.74) is -0.749. The van der Waals surface area contributed by atoms with Gasteiger partial charge in [0.2, 0.25) is 0 Å². The van der Waals surface area contributed by atoms with Crippen molar-refractivity contribution in [2.75, 3.05) is 6.54 Å². The minimum absolute atomic E-state index is 0.0359. The summed E-state index contributed by atoms with van der Waals surface area (Å²) in [6.45, 7) is 2.55. The first kappa shape index (κ1) is 21.9. The lowest BCUT2D eigenvalue weighted by Crippen LogP contribution is -2.25. The SMILES string of the molecule is Cc1ccnn1CCCNC(=O)c1ccc(Cn2nc(C(F)F)c(Cl)c2C(F)F)o1. The van der Waals surface area contributed by atoms with Gasteiger partial charge in [-0.05, 0) is 31.5 Å². The minimum atomic E-state index is -3.10. The lowest BCUT2D eigenvalue weighted by molar-refractivity contribution is 0.0922. The molecule has 3 aromatic heterocycles. The molecule has 1 amide bonds. The third kappa shape index (κ3) is 4.84. The molecule has 0 fully saturated rings. The maximum Gasteiger partial charge on any atom is 0.286 e. The van der Waals surface area contributed by atoms with Crippen LogP contribution in [0, 0.1) is 6.92 Å². The predicted octanol–water partition coefficient (Wildman–Crippen LogP) is 4.38. The number of halogens is 5. The van der Waals surface area contributed by atoms with Crippen LogP contribution in [0.2, 0.25) is 5.02 Å². The van der Waals surface area contributed by atoms with E-state index >= 15 is 0 Å². The van der Waals surface area contributed by atoms with Gasteiger partial charge in [-0.3, -0.25) is 14.2 Å². The van der Waals surface area contributed by atoms with Gasteiger partial charge in [0.1, 0.15) is 17.1 Å². The number of furan rings is 1. The molecule has 0 aliphatic carbocycles. The van der Waals surface area contributed by atoms with E-state index in [4.69, 9.17) is 16.0 Å². The molecule has 1 N–H and O–H groups in total. The molecular formula is C18H18ClF4N5O2. The molecule has 0 saturated carbocycles. The first-order valence-corrected chi connectivity index (χ1v) is 9.33. The van der Waals surface area contributed by atoms with E-state index < -0.39 is 35.2 Å². The zero-order chi connectivity index (χ0) is 21.8. The van der Waals surface area contributed by atoms with Crippen LogP contribution >= 0.6 is 11.6 Å². The van der Waals surface area contributed by atoms with Gasteiger partial charge in [-0.1, -0.05) is 11.6 Å². The average molecular weight is 448 g/mol. The summed E-state index contributed by atoms with van der Waals surface area (Å²) in [4.78, 5) is 12.2. The Morgan fingerprint density at radius 1 is 1.20 bits per heavy atom. The van der Waals surface area contributed by atoms with Crippen LogP contribution < -0.4 is 5.32 Å². The smallest absolute Gasteiger partial charge is 0.286 e. The Kier molecular flexibility index (Phi) is 6.80. The van der Waals surface area contributed by atoms with Crippen LogP contribution in [0.1, 0.15) is 52.7 Å². The van der Waals surface area contributed by atoms with Crippen molar-refractivity contribution in [1.29, 1.82) is 0 Å². The molecule has 0 aromatic carbocycles. The Labute approximate surface area is 173 Å². The van der Waals surface area contributed by atoms with Crippen molar-refractivity contribution in [3.8, 4) is 0 Å². The number of rotatable bonds is 9. The molecule has 7 nitrogen and oxygen atoms in total. The monoisotopic (exact) mass is 447 g/mol. The minimum Gasteiger partial charge on any atom is -0.454 e. The molecule has 12 heteroatoms. The van der Waals surface area contributed by atoms with Gasteiger partial charge in [0.25, 0.3) is 18.8 Å². The maximum absolute atomic E-state index is 13.2. The normalized spacial score (nSPS) is 11.6. The van der Waals surface area contributed by atoms with Gasteiger partial charge in [-0.2, -0.15) is 10.2 Å². The molecule has 162 valence electrons. The van der Waals surface area contributed by atoms with E-state index in [0.29, 0.717) is 24.2 Å². The standard InChI is InChI=1S/C18H18ClF4N5O2/c1-10-5-7-25-27(10)8-2-6-24-18(29)12-4-3-11(30-12)9-28-15(17(22)23)13(19)14(26-28)16(20)21/h3-5,7,16-17H,2,6,8-9H2,1H3,(H,24,29). The first-order valence-electron chi connectivity index (χ1n) is 8.95. The second kappa shape index (κ2) is 9.33. The number of hydrogen-bond donors (Lipinski definition) is 1. The molecule has 3 aromatic rings. The molecule has 0 saturated heterocycles. The summed E-state index contributed by atoms with van der Waals surface area (Å²) in [6, 6.07) is 4.62. The van der Waals surface area contributed by atoms with Gasteiger partial charge in [-0.25, -0.2) is 17.6 Å². The van der Waals surface area contributed by atoms with Crippen molar-refractivity contribution in [3.63, 3.8) is 0 Å². The summed E-state index contributed by atoms with van der Waals surface area (Å²) in [5, 5.41) is 9.50. The Hall–Kier alpha value is -2.82. The number of carbonyl (C=O) groups excluding carboxylic acids is 1. The highest BCUT2D eigenvalue weighted by Crippen LogP contribution is 2.35. The Morgan fingerprint density at radius 3 is 2.60 bits per heavy atom. The second-order valence-corrected chi connectivity index (χ2v) is 6.79.